The molecular weight excluding hydrogens is 218 g/mol. The molecule has 1 heterocycles. The van der Waals surface area contributed by atoms with Crippen molar-refractivity contribution in [2.24, 2.45) is 0 Å². The van der Waals surface area contributed by atoms with Crippen LogP contribution in [0.5, 0.6) is 5.75 Å². The Morgan fingerprint density at radius 2 is 2.06 bits per heavy atom. The van der Waals surface area contributed by atoms with Crippen LogP contribution in [0.2, 0.25) is 0 Å². The first kappa shape index (κ1) is 11.7. The predicted octanol–water partition coefficient (Wildman–Crippen LogP) is 2.62. The molecule has 1 N–H and O–H groups in total. The van der Waals surface area contributed by atoms with Crippen molar-refractivity contribution in [1.29, 1.82) is 0 Å². The van der Waals surface area contributed by atoms with Gasteiger partial charge in [0.15, 0.2) is 0 Å². The normalized spacial score (nSPS) is 12.4. The standard InChI is InChI=1S/C13H15NO3/c1-9-7-12(14-17-9)8-16-13-5-3-11(4-6-13)10(2)15/h3-7,10,15H,8H2,1-2H3/t10-/m1/s1. The van der Waals surface area contributed by atoms with Crippen molar-refractivity contribution in [3.05, 3.63) is 47.3 Å². The van der Waals surface area contributed by atoms with E-state index in [1.807, 2.05) is 37.3 Å². The number of nitrogens with zero attached hydrogens (tertiary/aromatic N) is 1. The van der Waals surface area contributed by atoms with Gasteiger partial charge >= 0.3 is 0 Å². The number of rotatable bonds is 4. The van der Waals surface area contributed by atoms with Gasteiger partial charge in [0, 0.05) is 6.07 Å². The van der Waals surface area contributed by atoms with Crippen LogP contribution in [0.3, 0.4) is 0 Å². The Balaban J connectivity index is 1.95. The highest BCUT2D eigenvalue weighted by atomic mass is 16.5. The summed E-state index contributed by atoms with van der Waals surface area (Å²) >= 11 is 0. The van der Waals surface area contributed by atoms with Crippen LogP contribution in [0.4, 0.5) is 0 Å². The van der Waals surface area contributed by atoms with E-state index in [0.29, 0.717) is 6.61 Å². The summed E-state index contributed by atoms with van der Waals surface area (Å²) in [5.41, 5.74) is 1.64. The van der Waals surface area contributed by atoms with Gasteiger partial charge in [0.05, 0.1) is 6.10 Å². The first-order valence-electron chi connectivity index (χ1n) is 5.48. The smallest absolute Gasteiger partial charge is 0.134 e. The molecule has 17 heavy (non-hydrogen) atoms. The Bertz CT molecular complexity index is 474. The van der Waals surface area contributed by atoms with Gasteiger partial charge < -0.3 is 14.4 Å². The molecule has 0 saturated carbocycles. The molecule has 1 aromatic heterocycles. The number of aliphatic hydroxyl groups excluding tert-OH is 1. The molecule has 0 spiro atoms. The van der Waals surface area contributed by atoms with Crippen LogP contribution < -0.4 is 4.74 Å². The summed E-state index contributed by atoms with van der Waals surface area (Å²) in [4.78, 5) is 0. The fourth-order valence-electron chi connectivity index (χ4n) is 1.49. The van der Waals surface area contributed by atoms with Crippen molar-refractivity contribution in [3.8, 4) is 5.75 Å². The van der Waals surface area contributed by atoms with Crippen LogP contribution in [0.15, 0.2) is 34.9 Å². The summed E-state index contributed by atoms with van der Waals surface area (Å²) in [5, 5.41) is 13.2. The monoisotopic (exact) mass is 233 g/mol. The predicted molar refractivity (Wildman–Crippen MR) is 62.6 cm³/mol. The maximum Gasteiger partial charge on any atom is 0.134 e. The fourth-order valence-corrected chi connectivity index (χ4v) is 1.49. The number of aliphatic hydroxyl groups is 1. The molecule has 90 valence electrons. The largest absolute Gasteiger partial charge is 0.487 e. The van der Waals surface area contributed by atoms with E-state index in [0.717, 1.165) is 22.8 Å². The summed E-state index contributed by atoms with van der Waals surface area (Å²) in [5.74, 6) is 1.52. The molecule has 2 aromatic rings. The number of ether oxygens (including phenoxy) is 1. The molecule has 0 radical (unpaired) electrons. The zero-order chi connectivity index (χ0) is 12.3. The molecule has 0 fully saturated rings. The molecule has 2 rings (SSSR count). The van der Waals surface area contributed by atoms with Crippen molar-refractivity contribution >= 4 is 0 Å². The lowest BCUT2D eigenvalue weighted by Crippen LogP contribution is -1.96. The van der Waals surface area contributed by atoms with Crippen molar-refractivity contribution in [2.75, 3.05) is 0 Å². The molecule has 1 atom stereocenters. The highest BCUT2D eigenvalue weighted by Gasteiger charge is 2.03. The minimum atomic E-state index is -0.456. The molecule has 0 aliphatic heterocycles. The third-order valence-electron chi connectivity index (χ3n) is 2.43. The van der Waals surface area contributed by atoms with E-state index in [1.165, 1.54) is 0 Å². The van der Waals surface area contributed by atoms with Gasteiger partial charge in [0.25, 0.3) is 0 Å². The molecule has 1 aromatic carbocycles. The zero-order valence-electron chi connectivity index (χ0n) is 9.88. The van der Waals surface area contributed by atoms with Crippen molar-refractivity contribution < 1.29 is 14.4 Å². The second-order valence-electron chi connectivity index (χ2n) is 3.96. The van der Waals surface area contributed by atoms with Gasteiger partial charge in [-0.25, -0.2) is 0 Å². The number of aryl methyl sites for hydroxylation is 1. The molecule has 0 bridgehead atoms. The van der Waals surface area contributed by atoms with Gasteiger partial charge in [-0.05, 0) is 31.5 Å². The van der Waals surface area contributed by atoms with Crippen molar-refractivity contribution in [2.45, 2.75) is 26.6 Å². The summed E-state index contributed by atoms with van der Waals surface area (Å²) in [6.45, 7) is 3.95. The van der Waals surface area contributed by atoms with Crippen LogP contribution >= 0.6 is 0 Å². The van der Waals surface area contributed by atoms with Gasteiger partial charge in [-0.15, -0.1) is 0 Å². The zero-order valence-corrected chi connectivity index (χ0v) is 9.88. The Morgan fingerprint density at radius 3 is 2.59 bits per heavy atom. The van der Waals surface area contributed by atoms with Gasteiger partial charge in [0.1, 0.15) is 23.8 Å². The van der Waals surface area contributed by atoms with E-state index < -0.39 is 6.10 Å². The SMILES string of the molecule is Cc1cc(COc2ccc([C@@H](C)O)cc2)no1. The molecule has 0 saturated heterocycles. The molecular formula is C13H15NO3. The molecule has 0 unspecified atom stereocenters. The highest BCUT2D eigenvalue weighted by molar-refractivity contribution is 5.28. The molecule has 4 nitrogen and oxygen atoms in total. The Labute approximate surface area is 99.8 Å². The van der Waals surface area contributed by atoms with E-state index in [-0.39, 0.29) is 0 Å². The Hall–Kier alpha value is -1.81. The summed E-state index contributed by atoms with van der Waals surface area (Å²) in [6, 6.07) is 9.18. The first-order valence-corrected chi connectivity index (χ1v) is 5.48. The van der Waals surface area contributed by atoms with E-state index in [4.69, 9.17) is 9.26 Å². The minimum Gasteiger partial charge on any atom is -0.487 e. The second-order valence-corrected chi connectivity index (χ2v) is 3.96. The van der Waals surface area contributed by atoms with E-state index in [2.05, 4.69) is 5.16 Å². The van der Waals surface area contributed by atoms with E-state index >= 15 is 0 Å². The topological polar surface area (TPSA) is 55.5 Å². The Morgan fingerprint density at radius 1 is 1.35 bits per heavy atom. The van der Waals surface area contributed by atoms with Crippen molar-refractivity contribution in [1.82, 2.24) is 5.16 Å². The fraction of sp³-hybridized carbons (Fsp3) is 0.308. The lowest BCUT2D eigenvalue weighted by molar-refractivity contribution is 0.199. The number of aromatic nitrogens is 1. The summed E-state index contributed by atoms with van der Waals surface area (Å²) in [7, 11) is 0. The van der Waals surface area contributed by atoms with Crippen LogP contribution in [0.1, 0.15) is 30.0 Å². The second kappa shape index (κ2) is 5.01. The quantitative estimate of drug-likeness (QED) is 0.881. The number of hydrogen-bond acceptors (Lipinski definition) is 4. The molecule has 0 aliphatic rings. The van der Waals surface area contributed by atoms with Gasteiger partial charge in [-0.1, -0.05) is 17.3 Å². The van der Waals surface area contributed by atoms with Crippen LogP contribution in [-0.4, -0.2) is 10.3 Å². The summed E-state index contributed by atoms with van der Waals surface area (Å²) < 4.78 is 10.5. The molecule has 4 heteroatoms. The third-order valence-corrected chi connectivity index (χ3v) is 2.43. The molecule has 0 aliphatic carbocycles. The van der Waals surface area contributed by atoms with Gasteiger partial charge in [-0.2, -0.15) is 0 Å². The van der Waals surface area contributed by atoms with Crippen LogP contribution in [0, 0.1) is 6.92 Å². The average molecular weight is 233 g/mol. The van der Waals surface area contributed by atoms with Gasteiger partial charge in [0.2, 0.25) is 0 Å². The maximum absolute atomic E-state index is 9.36. The molecule has 0 amide bonds. The highest BCUT2D eigenvalue weighted by Crippen LogP contribution is 2.18. The average Bonchev–Trinajstić information content (AvgIpc) is 2.73. The number of hydrogen-bond donors (Lipinski definition) is 1. The first-order chi connectivity index (χ1) is 8.15. The maximum atomic E-state index is 9.36. The van der Waals surface area contributed by atoms with E-state index in [9.17, 15) is 5.11 Å². The summed E-state index contributed by atoms with van der Waals surface area (Å²) in [6.07, 6.45) is -0.456. The lowest BCUT2D eigenvalue weighted by Gasteiger charge is -2.07. The van der Waals surface area contributed by atoms with Crippen LogP contribution in [0.25, 0.3) is 0 Å². The Kier molecular flexibility index (Phi) is 3.44. The van der Waals surface area contributed by atoms with E-state index in [1.54, 1.807) is 6.92 Å². The van der Waals surface area contributed by atoms with Crippen molar-refractivity contribution in [3.63, 3.8) is 0 Å². The third kappa shape index (κ3) is 3.07. The number of benzene rings is 1. The van der Waals surface area contributed by atoms with Gasteiger partial charge in [-0.3, -0.25) is 0 Å². The minimum absolute atomic E-state index is 0.380. The lowest BCUT2D eigenvalue weighted by atomic mass is 10.1. The van der Waals surface area contributed by atoms with Crippen LogP contribution in [-0.2, 0) is 6.61 Å².